The Morgan fingerprint density at radius 2 is 1.95 bits per heavy atom. The first kappa shape index (κ1) is 15.0. The standard InChI is InChI=1S/C15H20O4S/c1-11-3-4-12(2)13(7-11)9-20(18,19)10-15(5-6-15)8-14(16)17/h3-4,7H,5-6,8-10H2,1-2H3,(H,16,17). The Morgan fingerprint density at radius 1 is 1.30 bits per heavy atom. The van der Waals surface area contributed by atoms with Crippen molar-refractivity contribution in [2.75, 3.05) is 5.75 Å². The molecule has 0 aliphatic heterocycles. The van der Waals surface area contributed by atoms with Gasteiger partial charge in [0.2, 0.25) is 0 Å². The van der Waals surface area contributed by atoms with Crippen molar-refractivity contribution in [3.05, 3.63) is 34.9 Å². The summed E-state index contributed by atoms with van der Waals surface area (Å²) in [5, 5.41) is 8.86. The second kappa shape index (κ2) is 5.20. The third-order valence-corrected chi connectivity index (χ3v) is 5.69. The van der Waals surface area contributed by atoms with Crippen LogP contribution >= 0.6 is 0 Å². The minimum absolute atomic E-state index is 0.00187. The lowest BCUT2D eigenvalue weighted by Gasteiger charge is -2.14. The highest BCUT2D eigenvalue weighted by Gasteiger charge is 2.47. The van der Waals surface area contributed by atoms with E-state index in [9.17, 15) is 13.2 Å². The molecule has 0 radical (unpaired) electrons. The Bertz CT molecular complexity index is 627. The van der Waals surface area contributed by atoms with Gasteiger partial charge < -0.3 is 5.11 Å². The second-order valence-electron chi connectivity index (χ2n) is 6.03. The maximum Gasteiger partial charge on any atom is 0.303 e. The molecular formula is C15H20O4S. The van der Waals surface area contributed by atoms with Crippen LogP contribution < -0.4 is 0 Å². The van der Waals surface area contributed by atoms with Crippen LogP contribution in [0.3, 0.4) is 0 Å². The normalized spacial score (nSPS) is 16.9. The van der Waals surface area contributed by atoms with Gasteiger partial charge in [-0.05, 0) is 43.2 Å². The third kappa shape index (κ3) is 3.82. The fourth-order valence-electron chi connectivity index (χ4n) is 2.58. The zero-order chi connectivity index (χ0) is 15.0. The van der Waals surface area contributed by atoms with Gasteiger partial charge in [0.15, 0.2) is 9.84 Å². The molecule has 1 aromatic carbocycles. The number of carboxylic acid groups (broad SMARTS) is 1. The predicted octanol–water partition coefficient (Wildman–Crippen LogP) is 2.47. The maximum absolute atomic E-state index is 12.3. The number of aliphatic carboxylic acids is 1. The molecule has 1 aliphatic carbocycles. The highest BCUT2D eigenvalue weighted by molar-refractivity contribution is 7.90. The van der Waals surface area contributed by atoms with E-state index in [-0.39, 0.29) is 17.9 Å². The van der Waals surface area contributed by atoms with Crippen LogP contribution in [0.15, 0.2) is 18.2 Å². The first-order valence-electron chi connectivity index (χ1n) is 6.70. The number of benzene rings is 1. The lowest BCUT2D eigenvalue weighted by Crippen LogP contribution is -2.22. The summed E-state index contributed by atoms with van der Waals surface area (Å²) in [6.45, 7) is 3.83. The van der Waals surface area contributed by atoms with E-state index in [1.165, 1.54) is 0 Å². The van der Waals surface area contributed by atoms with Crippen molar-refractivity contribution in [3.8, 4) is 0 Å². The highest BCUT2D eigenvalue weighted by Crippen LogP contribution is 2.50. The van der Waals surface area contributed by atoms with Gasteiger partial charge in [-0.2, -0.15) is 0 Å². The minimum atomic E-state index is -3.28. The lowest BCUT2D eigenvalue weighted by molar-refractivity contribution is -0.138. The van der Waals surface area contributed by atoms with Gasteiger partial charge in [-0.3, -0.25) is 4.79 Å². The number of aryl methyl sites for hydroxylation is 2. The highest BCUT2D eigenvalue weighted by atomic mass is 32.2. The maximum atomic E-state index is 12.3. The van der Waals surface area contributed by atoms with E-state index in [0.717, 1.165) is 16.7 Å². The fourth-order valence-corrected chi connectivity index (χ4v) is 4.79. The van der Waals surface area contributed by atoms with E-state index in [2.05, 4.69) is 0 Å². The largest absolute Gasteiger partial charge is 0.481 e. The van der Waals surface area contributed by atoms with E-state index in [1.807, 2.05) is 32.0 Å². The van der Waals surface area contributed by atoms with Gasteiger partial charge in [0, 0.05) is 0 Å². The van der Waals surface area contributed by atoms with Crippen molar-refractivity contribution < 1.29 is 18.3 Å². The van der Waals surface area contributed by atoms with E-state index in [4.69, 9.17) is 5.11 Å². The lowest BCUT2D eigenvalue weighted by atomic mass is 10.1. The zero-order valence-electron chi connectivity index (χ0n) is 11.8. The van der Waals surface area contributed by atoms with Gasteiger partial charge >= 0.3 is 5.97 Å². The van der Waals surface area contributed by atoms with E-state index in [0.29, 0.717) is 12.8 Å². The molecule has 1 aliphatic rings. The van der Waals surface area contributed by atoms with Crippen molar-refractivity contribution in [2.45, 2.75) is 38.9 Å². The van der Waals surface area contributed by atoms with E-state index in [1.54, 1.807) is 0 Å². The number of rotatable bonds is 6. The summed E-state index contributed by atoms with van der Waals surface area (Å²) >= 11 is 0. The topological polar surface area (TPSA) is 71.4 Å². The van der Waals surface area contributed by atoms with Gasteiger partial charge in [0.05, 0.1) is 17.9 Å². The van der Waals surface area contributed by atoms with Crippen molar-refractivity contribution in [1.82, 2.24) is 0 Å². The first-order valence-corrected chi connectivity index (χ1v) is 8.52. The number of hydrogen-bond acceptors (Lipinski definition) is 3. The summed E-state index contributed by atoms with van der Waals surface area (Å²) in [6, 6.07) is 5.77. The van der Waals surface area contributed by atoms with Crippen LogP contribution in [0, 0.1) is 19.3 Å². The first-order chi connectivity index (χ1) is 9.21. The minimum Gasteiger partial charge on any atom is -0.481 e. The van der Waals surface area contributed by atoms with Crippen LogP contribution in [-0.4, -0.2) is 25.2 Å². The van der Waals surface area contributed by atoms with Gasteiger partial charge in [0.1, 0.15) is 0 Å². The molecule has 1 saturated carbocycles. The summed E-state index contributed by atoms with van der Waals surface area (Å²) in [7, 11) is -3.28. The van der Waals surface area contributed by atoms with Crippen LogP contribution in [0.2, 0.25) is 0 Å². The smallest absolute Gasteiger partial charge is 0.303 e. The number of hydrogen-bond donors (Lipinski definition) is 1. The van der Waals surface area contributed by atoms with Gasteiger partial charge in [-0.1, -0.05) is 23.8 Å². The van der Waals surface area contributed by atoms with E-state index >= 15 is 0 Å². The summed E-state index contributed by atoms with van der Waals surface area (Å²) in [4.78, 5) is 10.8. The molecule has 1 aromatic rings. The Hall–Kier alpha value is -1.36. The molecule has 0 unspecified atom stereocenters. The molecule has 2 rings (SSSR count). The SMILES string of the molecule is Cc1ccc(C)c(CS(=O)(=O)CC2(CC(=O)O)CC2)c1. The monoisotopic (exact) mass is 296 g/mol. The quantitative estimate of drug-likeness (QED) is 0.875. The second-order valence-corrected chi connectivity index (χ2v) is 8.10. The van der Waals surface area contributed by atoms with Crippen LogP contribution in [0.25, 0.3) is 0 Å². The molecule has 5 heteroatoms. The Kier molecular flexibility index (Phi) is 3.91. The molecule has 0 atom stereocenters. The van der Waals surface area contributed by atoms with Gasteiger partial charge in [-0.15, -0.1) is 0 Å². The molecule has 0 spiro atoms. The molecule has 20 heavy (non-hydrogen) atoms. The van der Waals surface area contributed by atoms with Gasteiger partial charge in [0.25, 0.3) is 0 Å². The Labute approximate surface area is 119 Å². The molecule has 110 valence electrons. The summed E-state index contributed by atoms with van der Waals surface area (Å²) in [6.07, 6.45) is 1.36. The third-order valence-electron chi connectivity index (χ3n) is 3.89. The van der Waals surface area contributed by atoms with Gasteiger partial charge in [-0.25, -0.2) is 8.42 Å². The van der Waals surface area contributed by atoms with E-state index < -0.39 is 21.2 Å². The van der Waals surface area contributed by atoms with Crippen molar-refractivity contribution in [2.24, 2.45) is 5.41 Å². The molecule has 0 saturated heterocycles. The van der Waals surface area contributed by atoms with Crippen LogP contribution in [-0.2, 0) is 20.4 Å². The van der Waals surface area contributed by atoms with Crippen LogP contribution in [0.4, 0.5) is 0 Å². The summed E-state index contributed by atoms with van der Waals surface area (Å²) in [5.41, 5.74) is 2.30. The average Bonchev–Trinajstić information content (AvgIpc) is 3.00. The average molecular weight is 296 g/mol. The number of sulfone groups is 1. The fraction of sp³-hybridized carbons (Fsp3) is 0.533. The summed E-state index contributed by atoms with van der Waals surface area (Å²) < 4.78 is 24.6. The molecular weight excluding hydrogens is 276 g/mol. The predicted molar refractivity (Wildman–Crippen MR) is 77.3 cm³/mol. The molecule has 4 nitrogen and oxygen atoms in total. The molecule has 1 fully saturated rings. The molecule has 1 N–H and O–H groups in total. The van der Waals surface area contributed by atoms with Crippen molar-refractivity contribution >= 4 is 15.8 Å². The Balaban J connectivity index is 2.12. The number of carbonyl (C=O) groups is 1. The zero-order valence-corrected chi connectivity index (χ0v) is 12.7. The van der Waals surface area contributed by atoms with Crippen molar-refractivity contribution in [1.29, 1.82) is 0 Å². The molecule has 0 aromatic heterocycles. The molecule has 0 bridgehead atoms. The van der Waals surface area contributed by atoms with Crippen LogP contribution in [0.5, 0.6) is 0 Å². The number of carboxylic acids is 1. The molecule has 0 amide bonds. The molecule has 0 heterocycles. The van der Waals surface area contributed by atoms with Crippen LogP contribution in [0.1, 0.15) is 36.0 Å². The van der Waals surface area contributed by atoms with Crippen molar-refractivity contribution in [3.63, 3.8) is 0 Å². The summed E-state index contributed by atoms with van der Waals surface area (Å²) in [5.74, 6) is -0.925. The Morgan fingerprint density at radius 3 is 2.50 bits per heavy atom.